The van der Waals surface area contributed by atoms with Gasteiger partial charge in [-0.15, -0.1) is 0 Å². The summed E-state index contributed by atoms with van der Waals surface area (Å²) in [6, 6.07) is 0. The highest BCUT2D eigenvalue weighted by Gasteiger charge is 2.04. The standard InChI is InChI=1S/C12H18O4/c1-9(2)6-7-11(13)16-8-4-5-10(3)12(14)15/h4-7,9-10H,8H2,1-3H3,(H,14,15). The molecule has 1 atom stereocenters. The lowest BCUT2D eigenvalue weighted by atomic mass is 10.2. The molecule has 4 heteroatoms. The summed E-state index contributed by atoms with van der Waals surface area (Å²) in [6.45, 7) is 5.56. The molecule has 0 spiro atoms. The Balaban J connectivity index is 3.82. The first-order valence-electron chi connectivity index (χ1n) is 5.18. The Morgan fingerprint density at radius 1 is 1.25 bits per heavy atom. The van der Waals surface area contributed by atoms with Crippen LogP contribution < -0.4 is 0 Å². The molecule has 4 nitrogen and oxygen atoms in total. The highest BCUT2D eigenvalue weighted by atomic mass is 16.5. The molecule has 0 aliphatic rings. The van der Waals surface area contributed by atoms with E-state index in [2.05, 4.69) is 0 Å². The van der Waals surface area contributed by atoms with E-state index in [4.69, 9.17) is 9.84 Å². The number of rotatable bonds is 6. The Bertz CT molecular complexity index is 289. The number of allylic oxidation sites excluding steroid dienone is 1. The van der Waals surface area contributed by atoms with Crippen molar-refractivity contribution < 1.29 is 19.4 Å². The molecule has 0 amide bonds. The molecule has 0 bridgehead atoms. The van der Waals surface area contributed by atoms with Crippen LogP contribution in [-0.4, -0.2) is 23.7 Å². The van der Waals surface area contributed by atoms with Crippen LogP contribution in [0.1, 0.15) is 20.8 Å². The molecule has 0 aromatic heterocycles. The van der Waals surface area contributed by atoms with Crippen LogP contribution >= 0.6 is 0 Å². The Kier molecular flexibility index (Phi) is 6.92. The predicted molar refractivity (Wildman–Crippen MR) is 60.9 cm³/mol. The Labute approximate surface area is 95.6 Å². The summed E-state index contributed by atoms with van der Waals surface area (Å²) in [7, 11) is 0. The monoisotopic (exact) mass is 226 g/mol. The van der Waals surface area contributed by atoms with E-state index in [1.807, 2.05) is 13.8 Å². The minimum atomic E-state index is -0.901. The van der Waals surface area contributed by atoms with Crippen LogP contribution in [-0.2, 0) is 14.3 Å². The van der Waals surface area contributed by atoms with Crippen molar-refractivity contribution in [2.24, 2.45) is 11.8 Å². The lowest BCUT2D eigenvalue weighted by Gasteiger charge is -1.99. The van der Waals surface area contributed by atoms with E-state index in [0.29, 0.717) is 5.92 Å². The van der Waals surface area contributed by atoms with E-state index >= 15 is 0 Å². The fraction of sp³-hybridized carbons (Fsp3) is 0.500. The van der Waals surface area contributed by atoms with E-state index < -0.39 is 17.9 Å². The molecule has 0 fully saturated rings. The predicted octanol–water partition coefficient (Wildman–Crippen LogP) is 2.02. The molecule has 0 aliphatic heterocycles. The van der Waals surface area contributed by atoms with Gasteiger partial charge in [-0.25, -0.2) is 4.79 Å². The number of carbonyl (C=O) groups excluding carboxylic acids is 1. The van der Waals surface area contributed by atoms with E-state index in [1.54, 1.807) is 13.0 Å². The van der Waals surface area contributed by atoms with Crippen LogP contribution in [0.3, 0.4) is 0 Å². The summed E-state index contributed by atoms with van der Waals surface area (Å²) in [6.07, 6.45) is 6.13. The SMILES string of the molecule is CC(C)C=CC(=O)OCC=CC(C)C(=O)O. The average molecular weight is 226 g/mol. The Morgan fingerprint density at radius 2 is 1.88 bits per heavy atom. The first-order valence-corrected chi connectivity index (χ1v) is 5.18. The Hall–Kier alpha value is -1.58. The first kappa shape index (κ1) is 14.4. The van der Waals surface area contributed by atoms with Gasteiger partial charge < -0.3 is 9.84 Å². The van der Waals surface area contributed by atoms with Crippen LogP contribution in [0.2, 0.25) is 0 Å². The number of esters is 1. The molecule has 0 aromatic carbocycles. The lowest BCUT2D eigenvalue weighted by molar-refractivity contribution is -0.139. The molecule has 0 heterocycles. The third kappa shape index (κ3) is 7.79. The second-order valence-corrected chi connectivity index (χ2v) is 3.79. The quantitative estimate of drug-likeness (QED) is 0.427. The van der Waals surface area contributed by atoms with Crippen molar-refractivity contribution in [1.82, 2.24) is 0 Å². The van der Waals surface area contributed by atoms with Crippen molar-refractivity contribution in [3.05, 3.63) is 24.3 Å². The van der Waals surface area contributed by atoms with Crippen molar-refractivity contribution in [2.75, 3.05) is 6.61 Å². The van der Waals surface area contributed by atoms with Crippen LogP contribution in [0.25, 0.3) is 0 Å². The van der Waals surface area contributed by atoms with Crippen molar-refractivity contribution in [1.29, 1.82) is 0 Å². The first-order chi connectivity index (χ1) is 7.43. The van der Waals surface area contributed by atoms with Crippen molar-refractivity contribution >= 4 is 11.9 Å². The minimum Gasteiger partial charge on any atom is -0.481 e. The summed E-state index contributed by atoms with van der Waals surface area (Å²) in [4.78, 5) is 21.5. The van der Waals surface area contributed by atoms with E-state index in [9.17, 15) is 9.59 Å². The van der Waals surface area contributed by atoms with E-state index in [0.717, 1.165) is 0 Å². The number of ether oxygens (including phenoxy) is 1. The second kappa shape index (κ2) is 7.68. The third-order valence-corrected chi connectivity index (χ3v) is 1.75. The summed E-state index contributed by atoms with van der Waals surface area (Å²) < 4.78 is 4.82. The van der Waals surface area contributed by atoms with Gasteiger partial charge in [0.15, 0.2) is 0 Å². The number of carbonyl (C=O) groups is 2. The number of carboxylic acids is 1. The van der Waals surface area contributed by atoms with Gasteiger partial charge in [0.2, 0.25) is 0 Å². The molecule has 0 saturated carbocycles. The zero-order chi connectivity index (χ0) is 12.6. The molecule has 16 heavy (non-hydrogen) atoms. The second-order valence-electron chi connectivity index (χ2n) is 3.79. The van der Waals surface area contributed by atoms with Crippen LogP contribution in [0, 0.1) is 11.8 Å². The third-order valence-electron chi connectivity index (χ3n) is 1.75. The molecular weight excluding hydrogens is 208 g/mol. The molecule has 1 unspecified atom stereocenters. The lowest BCUT2D eigenvalue weighted by Crippen LogP contribution is -2.06. The highest BCUT2D eigenvalue weighted by molar-refractivity contribution is 5.82. The minimum absolute atomic E-state index is 0.0961. The number of carboxylic acid groups (broad SMARTS) is 1. The van der Waals surface area contributed by atoms with E-state index in [-0.39, 0.29) is 6.61 Å². The van der Waals surface area contributed by atoms with Crippen molar-refractivity contribution in [3.8, 4) is 0 Å². The topological polar surface area (TPSA) is 63.6 Å². The molecule has 0 saturated heterocycles. The molecule has 0 rings (SSSR count). The zero-order valence-corrected chi connectivity index (χ0v) is 9.84. The number of hydrogen-bond donors (Lipinski definition) is 1. The molecular formula is C12H18O4. The Morgan fingerprint density at radius 3 is 2.38 bits per heavy atom. The van der Waals surface area contributed by atoms with Gasteiger partial charge in [0.05, 0.1) is 5.92 Å². The summed E-state index contributed by atoms with van der Waals surface area (Å²) in [5.74, 6) is -1.58. The fourth-order valence-corrected chi connectivity index (χ4v) is 0.791. The van der Waals surface area contributed by atoms with Gasteiger partial charge in [0, 0.05) is 6.08 Å². The molecule has 90 valence electrons. The van der Waals surface area contributed by atoms with Gasteiger partial charge in [0.25, 0.3) is 0 Å². The maximum atomic E-state index is 11.1. The average Bonchev–Trinajstić information content (AvgIpc) is 2.20. The fourth-order valence-electron chi connectivity index (χ4n) is 0.791. The number of aliphatic carboxylic acids is 1. The van der Waals surface area contributed by atoms with Crippen molar-refractivity contribution in [3.63, 3.8) is 0 Å². The molecule has 1 N–H and O–H groups in total. The van der Waals surface area contributed by atoms with Gasteiger partial charge in [-0.3, -0.25) is 4.79 Å². The number of hydrogen-bond acceptors (Lipinski definition) is 3. The molecule has 0 radical (unpaired) electrons. The highest BCUT2D eigenvalue weighted by Crippen LogP contribution is 1.97. The van der Waals surface area contributed by atoms with Gasteiger partial charge in [-0.1, -0.05) is 32.1 Å². The van der Waals surface area contributed by atoms with Gasteiger partial charge in [-0.2, -0.15) is 0 Å². The summed E-state index contributed by atoms with van der Waals surface area (Å²) >= 11 is 0. The molecule has 0 aromatic rings. The summed E-state index contributed by atoms with van der Waals surface area (Å²) in [5, 5.41) is 8.57. The largest absolute Gasteiger partial charge is 0.481 e. The summed E-state index contributed by atoms with van der Waals surface area (Å²) in [5.41, 5.74) is 0. The smallest absolute Gasteiger partial charge is 0.330 e. The maximum absolute atomic E-state index is 11.1. The van der Waals surface area contributed by atoms with E-state index in [1.165, 1.54) is 18.2 Å². The van der Waals surface area contributed by atoms with Crippen LogP contribution in [0.4, 0.5) is 0 Å². The zero-order valence-electron chi connectivity index (χ0n) is 9.84. The normalized spacial score (nSPS) is 13.5. The van der Waals surface area contributed by atoms with Gasteiger partial charge >= 0.3 is 11.9 Å². The van der Waals surface area contributed by atoms with Crippen LogP contribution in [0.5, 0.6) is 0 Å². The van der Waals surface area contributed by atoms with Crippen LogP contribution in [0.15, 0.2) is 24.3 Å². The maximum Gasteiger partial charge on any atom is 0.330 e. The van der Waals surface area contributed by atoms with Gasteiger partial charge in [-0.05, 0) is 12.8 Å². The van der Waals surface area contributed by atoms with Crippen molar-refractivity contribution in [2.45, 2.75) is 20.8 Å². The molecule has 0 aliphatic carbocycles. The van der Waals surface area contributed by atoms with Gasteiger partial charge in [0.1, 0.15) is 6.61 Å².